The summed E-state index contributed by atoms with van der Waals surface area (Å²) in [5, 5.41) is 3.41. The average Bonchev–Trinajstić information content (AvgIpc) is 2.92. The van der Waals surface area contributed by atoms with E-state index in [2.05, 4.69) is 54.2 Å². The maximum absolute atomic E-state index is 12.4. The molecule has 5 nitrogen and oxygen atoms in total. The second-order valence-corrected chi connectivity index (χ2v) is 10.2. The molecule has 0 unspecified atom stereocenters. The third kappa shape index (κ3) is 6.32. The first kappa shape index (κ1) is 24.4. The molecule has 0 aliphatic heterocycles. The molecule has 0 aliphatic carbocycles. The highest BCUT2D eigenvalue weighted by atomic mass is 79.9. The number of anilines is 1. The Labute approximate surface area is 191 Å². The Balaban J connectivity index is 1.89. The molecule has 0 spiro atoms. The highest BCUT2D eigenvalue weighted by Gasteiger charge is 2.22. The van der Waals surface area contributed by atoms with Crippen molar-refractivity contribution in [2.24, 2.45) is 0 Å². The number of thiophene rings is 1. The molecule has 1 amide bonds. The minimum Gasteiger partial charge on any atom is -0.492 e. The molecular formula is C23H30BrNO4S. The van der Waals surface area contributed by atoms with Gasteiger partial charge in [-0.1, -0.05) is 26.8 Å². The third-order valence-electron chi connectivity index (χ3n) is 4.72. The highest BCUT2D eigenvalue weighted by molar-refractivity contribution is 9.10. The van der Waals surface area contributed by atoms with Crippen LogP contribution in [0.5, 0.6) is 5.75 Å². The molecule has 164 valence electrons. The molecule has 0 bridgehead atoms. The van der Waals surface area contributed by atoms with E-state index in [9.17, 15) is 9.59 Å². The van der Waals surface area contributed by atoms with Gasteiger partial charge in [0.25, 0.3) is 0 Å². The van der Waals surface area contributed by atoms with Gasteiger partial charge in [0, 0.05) is 11.3 Å². The number of carbonyl (C=O) groups is 2. The van der Waals surface area contributed by atoms with Crippen LogP contribution in [0.4, 0.5) is 5.00 Å². The number of benzene rings is 1. The molecule has 2 aromatic rings. The number of carbonyl (C=O) groups excluding carboxylic acids is 2. The second kappa shape index (κ2) is 10.4. The first-order valence-corrected chi connectivity index (χ1v) is 11.6. The van der Waals surface area contributed by atoms with Gasteiger partial charge in [0.15, 0.2) is 0 Å². The molecule has 30 heavy (non-hydrogen) atoms. The van der Waals surface area contributed by atoms with Crippen molar-refractivity contribution < 1.29 is 19.1 Å². The van der Waals surface area contributed by atoms with E-state index in [1.54, 1.807) is 6.92 Å². The van der Waals surface area contributed by atoms with Crippen LogP contribution >= 0.6 is 27.3 Å². The Hall–Kier alpha value is -1.86. The van der Waals surface area contributed by atoms with Gasteiger partial charge in [-0.25, -0.2) is 4.79 Å². The molecule has 0 aliphatic rings. The standard InChI is InChI=1S/C23H30BrNO4S/c1-7-28-22(27)20-14(2)15(3)30-21(20)25-19(26)9-8-12-29-18-11-10-16(13-17(18)24)23(4,5)6/h10-11,13H,7-9,12H2,1-6H3,(H,25,26). The quantitative estimate of drug-likeness (QED) is 0.339. The van der Waals surface area contributed by atoms with Gasteiger partial charge in [0.2, 0.25) is 5.91 Å². The number of esters is 1. The van der Waals surface area contributed by atoms with Gasteiger partial charge in [-0.2, -0.15) is 0 Å². The fourth-order valence-corrected chi connectivity index (χ4v) is 4.41. The number of ether oxygens (including phenoxy) is 2. The molecule has 0 saturated carbocycles. The molecule has 0 saturated heterocycles. The fourth-order valence-electron chi connectivity index (χ4n) is 2.85. The van der Waals surface area contributed by atoms with Gasteiger partial charge < -0.3 is 14.8 Å². The normalized spacial score (nSPS) is 11.3. The summed E-state index contributed by atoms with van der Waals surface area (Å²) in [4.78, 5) is 25.6. The lowest BCUT2D eigenvalue weighted by molar-refractivity contribution is -0.116. The predicted octanol–water partition coefficient (Wildman–Crippen LogP) is 6.40. The molecule has 0 radical (unpaired) electrons. The first-order valence-electron chi connectivity index (χ1n) is 10.0. The molecule has 2 rings (SSSR count). The van der Waals surface area contributed by atoms with Gasteiger partial charge in [-0.05, 0) is 71.8 Å². The molecule has 1 heterocycles. The van der Waals surface area contributed by atoms with E-state index in [1.165, 1.54) is 16.9 Å². The summed E-state index contributed by atoms with van der Waals surface area (Å²) in [6.07, 6.45) is 0.868. The van der Waals surface area contributed by atoms with Crippen LogP contribution in [-0.4, -0.2) is 25.1 Å². The topological polar surface area (TPSA) is 64.6 Å². The van der Waals surface area contributed by atoms with E-state index in [4.69, 9.17) is 9.47 Å². The Bertz CT molecular complexity index is 915. The monoisotopic (exact) mass is 495 g/mol. The van der Waals surface area contributed by atoms with Crippen LogP contribution in [0, 0.1) is 13.8 Å². The van der Waals surface area contributed by atoms with Crippen LogP contribution in [-0.2, 0) is 14.9 Å². The lowest BCUT2D eigenvalue weighted by atomic mass is 9.87. The minimum absolute atomic E-state index is 0.0695. The third-order valence-corrected chi connectivity index (χ3v) is 6.46. The van der Waals surface area contributed by atoms with Crippen molar-refractivity contribution in [2.75, 3.05) is 18.5 Å². The van der Waals surface area contributed by atoms with Crippen LogP contribution in [0.3, 0.4) is 0 Å². The summed E-state index contributed by atoms with van der Waals surface area (Å²) in [7, 11) is 0. The maximum atomic E-state index is 12.4. The zero-order chi connectivity index (χ0) is 22.5. The summed E-state index contributed by atoms with van der Waals surface area (Å²) in [6, 6.07) is 6.08. The zero-order valence-electron chi connectivity index (χ0n) is 18.5. The number of nitrogens with one attached hydrogen (secondary N) is 1. The number of amides is 1. The molecule has 1 aromatic heterocycles. The molecule has 0 atom stereocenters. The van der Waals surface area contributed by atoms with Crippen molar-refractivity contribution in [1.29, 1.82) is 0 Å². The summed E-state index contributed by atoms with van der Waals surface area (Å²) in [6.45, 7) is 12.8. The average molecular weight is 496 g/mol. The Morgan fingerprint density at radius 3 is 2.50 bits per heavy atom. The lowest BCUT2D eigenvalue weighted by Gasteiger charge is -2.20. The van der Waals surface area contributed by atoms with Crippen molar-refractivity contribution in [3.63, 3.8) is 0 Å². The van der Waals surface area contributed by atoms with Crippen molar-refractivity contribution in [3.8, 4) is 5.75 Å². The Morgan fingerprint density at radius 2 is 1.90 bits per heavy atom. The van der Waals surface area contributed by atoms with Crippen molar-refractivity contribution >= 4 is 44.1 Å². The fraction of sp³-hybridized carbons (Fsp3) is 0.478. The van der Waals surface area contributed by atoms with Crippen molar-refractivity contribution in [1.82, 2.24) is 0 Å². The van der Waals surface area contributed by atoms with Crippen LogP contribution in [0.15, 0.2) is 22.7 Å². The molecule has 1 N–H and O–H groups in total. The number of rotatable bonds is 8. The van der Waals surface area contributed by atoms with Gasteiger partial charge in [0.1, 0.15) is 10.8 Å². The van der Waals surface area contributed by atoms with E-state index < -0.39 is 5.97 Å². The molecule has 7 heteroatoms. The van der Waals surface area contributed by atoms with E-state index >= 15 is 0 Å². The van der Waals surface area contributed by atoms with E-state index in [1.807, 2.05) is 19.9 Å². The summed E-state index contributed by atoms with van der Waals surface area (Å²) in [5.41, 5.74) is 2.59. The van der Waals surface area contributed by atoms with Crippen LogP contribution in [0.1, 0.15) is 66.9 Å². The SMILES string of the molecule is CCOC(=O)c1c(NC(=O)CCCOc2ccc(C(C)(C)C)cc2Br)sc(C)c1C. The van der Waals surface area contributed by atoms with Crippen molar-refractivity contribution in [2.45, 2.75) is 59.8 Å². The van der Waals surface area contributed by atoms with Crippen LogP contribution < -0.4 is 10.1 Å². The maximum Gasteiger partial charge on any atom is 0.341 e. The first-order chi connectivity index (χ1) is 14.0. The van der Waals surface area contributed by atoms with Crippen LogP contribution in [0.25, 0.3) is 0 Å². The highest BCUT2D eigenvalue weighted by Crippen LogP contribution is 2.33. The molecule has 0 fully saturated rings. The lowest BCUT2D eigenvalue weighted by Crippen LogP contribution is -2.15. The number of hydrogen-bond acceptors (Lipinski definition) is 5. The Morgan fingerprint density at radius 1 is 1.20 bits per heavy atom. The Kier molecular flexibility index (Phi) is 8.50. The molecule has 1 aromatic carbocycles. The largest absolute Gasteiger partial charge is 0.492 e. The number of hydrogen-bond donors (Lipinski definition) is 1. The van der Waals surface area contributed by atoms with Crippen molar-refractivity contribution in [3.05, 3.63) is 44.2 Å². The molecular weight excluding hydrogens is 466 g/mol. The minimum atomic E-state index is -0.401. The zero-order valence-corrected chi connectivity index (χ0v) is 20.9. The number of aryl methyl sites for hydroxylation is 1. The van der Waals surface area contributed by atoms with Gasteiger partial charge >= 0.3 is 5.97 Å². The van der Waals surface area contributed by atoms with E-state index in [0.29, 0.717) is 36.6 Å². The summed E-state index contributed by atoms with van der Waals surface area (Å²) < 4.78 is 11.9. The van der Waals surface area contributed by atoms with Gasteiger partial charge in [-0.3, -0.25) is 4.79 Å². The smallest absolute Gasteiger partial charge is 0.341 e. The van der Waals surface area contributed by atoms with E-state index in [0.717, 1.165) is 20.7 Å². The van der Waals surface area contributed by atoms with Gasteiger partial charge in [-0.15, -0.1) is 11.3 Å². The van der Waals surface area contributed by atoms with E-state index in [-0.39, 0.29) is 11.3 Å². The number of halogens is 1. The van der Waals surface area contributed by atoms with Crippen LogP contribution in [0.2, 0.25) is 0 Å². The summed E-state index contributed by atoms with van der Waals surface area (Å²) in [5.74, 6) is 0.214. The second-order valence-electron chi connectivity index (χ2n) is 8.10. The van der Waals surface area contributed by atoms with Gasteiger partial charge in [0.05, 0.1) is 23.2 Å². The predicted molar refractivity (Wildman–Crippen MR) is 126 cm³/mol. The summed E-state index contributed by atoms with van der Waals surface area (Å²) >= 11 is 4.96.